The molecule has 0 saturated heterocycles. The molecule has 0 aliphatic heterocycles. The van der Waals surface area contributed by atoms with Crippen LogP contribution in [0.4, 0.5) is 0 Å². The molecule has 0 saturated carbocycles. The third kappa shape index (κ3) is 11.4. The molecule has 11 heteroatoms. The molecule has 236 valence electrons. The number of hydrogen-bond acceptors (Lipinski definition) is 8. The van der Waals surface area contributed by atoms with Crippen molar-refractivity contribution < 1.29 is 33.4 Å². The molecular formula is C30H54N4O7. The normalized spacial score (nSPS) is 16.0. The van der Waals surface area contributed by atoms with Crippen LogP contribution >= 0.6 is 0 Å². The van der Waals surface area contributed by atoms with Crippen LogP contribution in [0.25, 0.3) is 0 Å². The topological polar surface area (TPSA) is 134 Å². The molecule has 0 fully saturated rings. The highest BCUT2D eigenvalue weighted by Gasteiger charge is 2.44. The van der Waals surface area contributed by atoms with Gasteiger partial charge in [-0.2, -0.15) is 0 Å². The molecule has 41 heavy (non-hydrogen) atoms. The van der Waals surface area contributed by atoms with Gasteiger partial charge in [-0.15, -0.1) is 0 Å². The van der Waals surface area contributed by atoms with E-state index < -0.39 is 54.0 Å². The van der Waals surface area contributed by atoms with Crippen molar-refractivity contribution in [1.29, 1.82) is 0 Å². The van der Waals surface area contributed by atoms with Crippen LogP contribution in [0.5, 0.6) is 0 Å². The van der Waals surface area contributed by atoms with E-state index in [1.165, 1.54) is 30.9 Å². The summed E-state index contributed by atoms with van der Waals surface area (Å²) >= 11 is 0. The fourth-order valence-corrected chi connectivity index (χ4v) is 4.88. The van der Waals surface area contributed by atoms with E-state index in [2.05, 4.69) is 10.6 Å². The summed E-state index contributed by atoms with van der Waals surface area (Å²) in [4.78, 5) is 68.7. The number of nitrogens with zero attached hydrogens (tertiary/aromatic N) is 2. The molecule has 0 unspecified atom stereocenters. The Morgan fingerprint density at radius 3 is 1.88 bits per heavy atom. The monoisotopic (exact) mass is 582 g/mol. The maximum Gasteiger partial charge on any atom is 0.328 e. The Hall–Kier alpha value is -2.95. The lowest BCUT2D eigenvalue weighted by molar-refractivity contribution is -0.163. The van der Waals surface area contributed by atoms with Crippen LogP contribution in [0.1, 0.15) is 74.7 Å². The van der Waals surface area contributed by atoms with Crippen LogP contribution in [0.3, 0.4) is 0 Å². The molecule has 0 aromatic rings. The number of carbonyl (C=O) groups excluding carboxylic acids is 5. The maximum absolute atomic E-state index is 14.2. The Kier molecular flexibility index (Phi) is 17.1. The van der Waals surface area contributed by atoms with Gasteiger partial charge in [0, 0.05) is 21.0 Å². The molecule has 6 atom stereocenters. The number of carbonyl (C=O) groups is 5. The number of likely N-dealkylation sites (N-methyl/N-ethyl adjacent to an activating group) is 3. The van der Waals surface area contributed by atoms with Crippen LogP contribution in [0.15, 0.2) is 12.2 Å². The number of esters is 2. The fourth-order valence-electron chi connectivity index (χ4n) is 4.88. The first kappa shape index (κ1) is 38.0. The van der Waals surface area contributed by atoms with Gasteiger partial charge in [0.25, 0.3) is 0 Å². The minimum Gasteiger partial charge on any atom is -0.467 e. The van der Waals surface area contributed by atoms with Gasteiger partial charge in [0.1, 0.15) is 24.2 Å². The quantitative estimate of drug-likeness (QED) is 0.197. The Bertz CT molecular complexity index is 905. The molecule has 0 aromatic heterocycles. The predicted molar refractivity (Wildman–Crippen MR) is 159 cm³/mol. The first-order chi connectivity index (χ1) is 19.1. The van der Waals surface area contributed by atoms with Crippen LogP contribution in [0, 0.1) is 17.8 Å². The molecule has 0 aliphatic rings. The average molecular weight is 583 g/mol. The van der Waals surface area contributed by atoms with Gasteiger partial charge in [-0.1, -0.05) is 53.7 Å². The fraction of sp³-hybridized carbons (Fsp3) is 0.767. The van der Waals surface area contributed by atoms with Crippen LogP contribution < -0.4 is 10.6 Å². The third-order valence-electron chi connectivity index (χ3n) is 7.16. The zero-order chi connectivity index (χ0) is 32.0. The van der Waals surface area contributed by atoms with Gasteiger partial charge >= 0.3 is 11.9 Å². The largest absolute Gasteiger partial charge is 0.467 e. The lowest BCUT2D eigenvalue weighted by Gasteiger charge is -2.40. The Morgan fingerprint density at radius 2 is 1.46 bits per heavy atom. The van der Waals surface area contributed by atoms with E-state index in [4.69, 9.17) is 9.47 Å². The van der Waals surface area contributed by atoms with E-state index in [-0.39, 0.29) is 30.1 Å². The van der Waals surface area contributed by atoms with Crippen LogP contribution in [-0.4, -0.2) is 98.0 Å². The summed E-state index contributed by atoms with van der Waals surface area (Å²) in [6.07, 6.45) is 4.01. The van der Waals surface area contributed by atoms with E-state index in [0.29, 0.717) is 12.8 Å². The molecule has 0 rings (SSSR count). The number of allylic oxidation sites excluding steroid dienone is 2. The molecule has 0 radical (unpaired) electrons. The Balaban J connectivity index is 6.75. The van der Waals surface area contributed by atoms with E-state index in [1.807, 2.05) is 53.7 Å². The van der Waals surface area contributed by atoms with Crippen molar-refractivity contribution >= 4 is 29.7 Å². The first-order valence-corrected chi connectivity index (χ1v) is 14.5. The lowest BCUT2D eigenvalue weighted by atomic mass is 9.91. The molecule has 3 amide bonds. The van der Waals surface area contributed by atoms with Crippen LogP contribution in [0.2, 0.25) is 0 Å². The standard InChI is InChI=1S/C30H54N4O7/c1-13-15-16-20(7)26(41-21(8)35)25(27(36)32-22(14-2)30(39)40-12)34(11)29(38)24(19(5)6)33(10)28(37)23(31-9)17-18(3)4/h13,15,18-20,22-26,31H,14,16-17H2,1-12H3,(H,32,36)/b15-13+/t20-,22+,23+,24+,25+,26-/m1/s1. The molecule has 0 heterocycles. The number of methoxy groups -OCH3 is 1. The van der Waals surface area contributed by atoms with Gasteiger partial charge in [-0.3, -0.25) is 19.2 Å². The van der Waals surface area contributed by atoms with Crippen molar-refractivity contribution in [3.8, 4) is 0 Å². The predicted octanol–water partition coefficient (Wildman–Crippen LogP) is 2.53. The molecule has 0 spiro atoms. The molecule has 0 bridgehead atoms. The van der Waals surface area contributed by atoms with Crippen molar-refractivity contribution in [2.75, 3.05) is 28.3 Å². The number of hydrogen-bond donors (Lipinski definition) is 2. The van der Waals surface area contributed by atoms with Gasteiger partial charge in [-0.25, -0.2) is 4.79 Å². The zero-order valence-electron chi connectivity index (χ0n) is 27.1. The summed E-state index contributed by atoms with van der Waals surface area (Å²) in [5.41, 5.74) is 0. The summed E-state index contributed by atoms with van der Waals surface area (Å²) in [7, 11) is 5.98. The van der Waals surface area contributed by atoms with E-state index in [9.17, 15) is 24.0 Å². The van der Waals surface area contributed by atoms with Gasteiger partial charge < -0.3 is 29.9 Å². The second kappa shape index (κ2) is 18.5. The zero-order valence-corrected chi connectivity index (χ0v) is 27.1. The SMILES string of the molecule is C/C=C/C[C@@H](C)[C@@H](OC(C)=O)[C@@H](C(=O)N[C@@H](CC)C(=O)OC)N(C)C(=O)[C@H](C(C)C)N(C)C(=O)[C@H](CC(C)C)NC. The molecule has 2 N–H and O–H groups in total. The van der Waals surface area contributed by atoms with Crippen LogP contribution in [-0.2, 0) is 33.4 Å². The minimum atomic E-state index is -1.29. The Morgan fingerprint density at radius 1 is 0.902 bits per heavy atom. The summed E-state index contributed by atoms with van der Waals surface area (Å²) in [5.74, 6) is -3.05. The second-order valence-electron chi connectivity index (χ2n) is 11.4. The van der Waals surface area contributed by atoms with Gasteiger partial charge in [0.05, 0.1) is 13.2 Å². The van der Waals surface area contributed by atoms with Gasteiger partial charge in [0.2, 0.25) is 17.7 Å². The average Bonchev–Trinajstić information content (AvgIpc) is 2.91. The minimum absolute atomic E-state index is 0.239. The van der Waals surface area contributed by atoms with Crippen molar-refractivity contribution in [3.63, 3.8) is 0 Å². The van der Waals surface area contributed by atoms with Crippen molar-refractivity contribution in [3.05, 3.63) is 12.2 Å². The van der Waals surface area contributed by atoms with Crippen molar-refractivity contribution in [2.24, 2.45) is 17.8 Å². The van der Waals surface area contributed by atoms with Gasteiger partial charge in [0.15, 0.2) is 0 Å². The molecular weight excluding hydrogens is 528 g/mol. The Labute approximate surface area is 246 Å². The van der Waals surface area contributed by atoms with Crippen molar-refractivity contribution in [2.45, 2.75) is 105 Å². The highest BCUT2D eigenvalue weighted by molar-refractivity contribution is 5.94. The summed E-state index contributed by atoms with van der Waals surface area (Å²) in [5, 5.41) is 5.73. The van der Waals surface area contributed by atoms with E-state index in [0.717, 1.165) is 0 Å². The summed E-state index contributed by atoms with van der Waals surface area (Å²) < 4.78 is 10.5. The first-order valence-electron chi connectivity index (χ1n) is 14.5. The highest BCUT2D eigenvalue weighted by atomic mass is 16.5. The lowest BCUT2D eigenvalue weighted by Crippen LogP contribution is -2.63. The summed E-state index contributed by atoms with van der Waals surface area (Å²) in [6.45, 7) is 14.3. The highest BCUT2D eigenvalue weighted by Crippen LogP contribution is 2.24. The third-order valence-corrected chi connectivity index (χ3v) is 7.16. The number of rotatable bonds is 17. The number of amides is 3. The number of ether oxygens (including phenoxy) is 2. The number of nitrogens with one attached hydrogen (secondary N) is 2. The second-order valence-corrected chi connectivity index (χ2v) is 11.4. The van der Waals surface area contributed by atoms with Crippen molar-refractivity contribution in [1.82, 2.24) is 20.4 Å². The molecule has 0 aliphatic carbocycles. The van der Waals surface area contributed by atoms with Gasteiger partial charge in [-0.05, 0) is 51.0 Å². The molecule has 11 nitrogen and oxygen atoms in total. The maximum atomic E-state index is 14.2. The smallest absolute Gasteiger partial charge is 0.328 e. The van der Waals surface area contributed by atoms with E-state index >= 15 is 0 Å². The molecule has 0 aromatic carbocycles. The summed E-state index contributed by atoms with van der Waals surface area (Å²) in [6, 6.07) is -3.64. The van der Waals surface area contributed by atoms with E-state index in [1.54, 1.807) is 21.0 Å².